The van der Waals surface area contributed by atoms with E-state index in [2.05, 4.69) is 10.6 Å². The second kappa shape index (κ2) is 6.33. The van der Waals surface area contributed by atoms with Crippen molar-refractivity contribution in [3.05, 3.63) is 34.4 Å². The fourth-order valence-electron chi connectivity index (χ4n) is 2.10. The molecule has 108 valence electrons. The van der Waals surface area contributed by atoms with Crippen LogP contribution in [0.15, 0.2) is 24.3 Å². The first-order chi connectivity index (χ1) is 9.60. The Bertz CT molecular complexity index is 502. The summed E-state index contributed by atoms with van der Waals surface area (Å²) < 4.78 is 0. The van der Waals surface area contributed by atoms with Crippen LogP contribution in [0, 0.1) is 16.0 Å². The Balaban J connectivity index is 1.93. The summed E-state index contributed by atoms with van der Waals surface area (Å²) in [5, 5.41) is 25.0. The molecule has 1 aliphatic rings. The van der Waals surface area contributed by atoms with Gasteiger partial charge in [0.05, 0.1) is 4.92 Å². The molecule has 1 saturated carbocycles. The number of aliphatic hydroxyl groups is 1. The topological polar surface area (TPSA) is 104 Å². The van der Waals surface area contributed by atoms with Gasteiger partial charge in [-0.2, -0.15) is 0 Å². The third kappa shape index (κ3) is 3.92. The highest BCUT2D eigenvalue weighted by atomic mass is 16.6. The third-order valence-electron chi connectivity index (χ3n) is 3.26. The van der Waals surface area contributed by atoms with Crippen molar-refractivity contribution in [2.24, 2.45) is 5.92 Å². The van der Waals surface area contributed by atoms with Crippen LogP contribution >= 0.6 is 0 Å². The Morgan fingerprint density at radius 1 is 1.50 bits per heavy atom. The molecule has 1 aromatic rings. The molecular weight excluding hydrogens is 262 g/mol. The molecule has 0 aromatic heterocycles. The number of carbonyl (C=O) groups excluding carboxylic acids is 1. The van der Waals surface area contributed by atoms with Gasteiger partial charge in [0, 0.05) is 30.5 Å². The maximum Gasteiger partial charge on any atom is 0.319 e. The minimum absolute atomic E-state index is 0.0260. The number of nitrogens with zero attached hydrogens (tertiary/aromatic N) is 1. The van der Waals surface area contributed by atoms with E-state index in [-0.39, 0.29) is 18.3 Å². The summed E-state index contributed by atoms with van der Waals surface area (Å²) in [5.74, 6) is 0.429. The molecule has 0 heterocycles. The van der Waals surface area contributed by atoms with Gasteiger partial charge in [0.15, 0.2) is 0 Å². The third-order valence-corrected chi connectivity index (χ3v) is 3.26. The second-order valence-corrected chi connectivity index (χ2v) is 4.86. The number of non-ortho nitro benzene ring substituents is 1. The lowest BCUT2D eigenvalue weighted by atomic mass is 10.1. The molecule has 0 bridgehead atoms. The van der Waals surface area contributed by atoms with Crippen molar-refractivity contribution in [3.8, 4) is 0 Å². The average Bonchev–Trinajstić information content (AvgIpc) is 3.22. The summed E-state index contributed by atoms with van der Waals surface area (Å²) in [4.78, 5) is 22.0. The number of aliphatic hydroxyl groups excluding tert-OH is 1. The van der Waals surface area contributed by atoms with E-state index in [9.17, 15) is 14.9 Å². The smallest absolute Gasteiger partial charge is 0.319 e. The Morgan fingerprint density at radius 3 is 2.85 bits per heavy atom. The molecule has 0 radical (unpaired) electrons. The number of rotatable bonds is 6. The van der Waals surface area contributed by atoms with E-state index < -0.39 is 11.0 Å². The van der Waals surface area contributed by atoms with Crippen molar-refractivity contribution in [2.75, 3.05) is 11.9 Å². The van der Waals surface area contributed by atoms with Gasteiger partial charge in [-0.05, 0) is 31.2 Å². The largest absolute Gasteiger partial charge is 0.396 e. The van der Waals surface area contributed by atoms with Crippen LogP contribution in [0.1, 0.15) is 19.3 Å². The van der Waals surface area contributed by atoms with Crippen molar-refractivity contribution in [3.63, 3.8) is 0 Å². The summed E-state index contributed by atoms with van der Waals surface area (Å²) in [7, 11) is 0. The van der Waals surface area contributed by atoms with Crippen LogP contribution in [0.25, 0.3) is 0 Å². The van der Waals surface area contributed by atoms with Gasteiger partial charge in [-0.3, -0.25) is 10.1 Å². The first-order valence-corrected chi connectivity index (χ1v) is 6.53. The van der Waals surface area contributed by atoms with Gasteiger partial charge in [-0.25, -0.2) is 4.79 Å². The number of anilines is 1. The maximum absolute atomic E-state index is 11.8. The Morgan fingerprint density at radius 2 is 2.25 bits per heavy atom. The van der Waals surface area contributed by atoms with E-state index in [1.807, 2.05) is 0 Å². The van der Waals surface area contributed by atoms with Crippen LogP contribution in [0.3, 0.4) is 0 Å². The zero-order valence-electron chi connectivity index (χ0n) is 10.9. The van der Waals surface area contributed by atoms with Crippen molar-refractivity contribution >= 4 is 17.4 Å². The van der Waals surface area contributed by atoms with Gasteiger partial charge in [-0.15, -0.1) is 0 Å². The molecule has 7 heteroatoms. The maximum atomic E-state index is 11.8. The lowest BCUT2D eigenvalue weighted by Gasteiger charge is -2.17. The lowest BCUT2D eigenvalue weighted by molar-refractivity contribution is -0.384. The molecular formula is C13H17N3O4. The Kier molecular flexibility index (Phi) is 4.52. The van der Waals surface area contributed by atoms with Gasteiger partial charge in [0.25, 0.3) is 5.69 Å². The van der Waals surface area contributed by atoms with Gasteiger partial charge in [0.1, 0.15) is 0 Å². The molecule has 0 saturated heterocycles. The monoisotopic (exact) mass is 279 g/mol. The number of benzene rings is 1. The quantitative estimate of drug-likeness (QED) is 0.546. The number of nitro benzene ring substituents is 1. The molecule has 1 unspecified atom stereocenters. The summed E-state index contributed by atoms with van der Waals surface area (Å²) in [6, 6.07) is 5.32. The Labute approximate surface area is 116 Å². The van der Waals surface area contributed by atoms with Crippen LogP contribution < -0.4 is 10.6 Å². The number of hydrogen-bond donors (Lipinski definition) is 3. The summed E-state index contributed by atoms with van der Waals surface area (Å²) >= 11 is 0. The Hall–Kier alpha value is -2.15. The number of nitrogens with one attached hydrogen (secondary N) is 2. The first kappa shape index (κ1) is 14.3. The first-order valence-electron chi connectivity index (χ1n) is 6.53. The normalized spacial score (nSPS) is 15.4. The molecule has 1 fully saturated rings. The van der Waals surface area contributed by atoms with E-state index in [4.69, 9.17) is 5.11 Å². The van der Waals surface area contributed by atoms with Gasteiger partial charge in [0.2, 0.25) is 0 Å². The van der Waals surface area contributed by atoms with Gasteiger partial charge in [-0.1, -0.05) is 6.07 Å². The van der Waals surface area contributed by atoms with Crippen LogP contribution in [-0.4, -0.2) is 28.7 Å². The molecule has 1 aliphatic carbocycles. The van der Waals surface area contributed by atoms with Crippen molar-refractivity contribution in [1.82, 2.24) is 5.32 Å². The molecule has 0 aliphatic heterocycles. The zero-order chi connectivity index (χ0) is 14.5. The van der Waals surface area contributed by atoms with Crippen molar-refractivity contribution in [2.45, 2.75) is 25.3 Å². The molecule has 20 heavy (non-hydrogen) atoms. The summed E-state index contributed by atoms with van der Waals surface area (Å²) in [5.41, 5.74) is 0.298. The summed E-state index contributed by atoms with van der Waals surface area (Å²) in [6.45, 7) is 0.0260. The zero-order valence-corrected chi connectivity index (χ0v) is 10.9. The molecule has 1 aromatic carbocycles. The molecule has 2 amide bonds. The van der Waals surface area contributed by atoms with E-state index in [0.29, 0.717) is 18.0 Å². The molecule has 2 rings (SSSR count). The van der Waals surface area contributed by atoms with E-state index in [1.165, 1.54) is 18.2 Å². The van der Waals surface area contributed by atoms with Crippen molar-refractivity contribution in [1.29, 1.82) is 0 Å². The lowest BCUT2D eigenvalue weighted by Crippen LogP contribution is -2.39. The average molecular weight is 279 g/mol. The molecule has 0 spiro atoms. The predicted molar refractivity (Wildman–Crippen MR) is 73.5 cm³/mol. The standard InChI is InChI=1S/C13H17N3O4/c17-7-6-12(9-4-5-9)15-13(18)14-10-2-1-3-11(8-10)16(19)20/h1-3,8-9,12,17H,4-7H2,(H2,14,15,18). The van der Waals surface area contributed by atoms with Crippen molar-refractivity contribution < 1.29 is 14.8 Å². The molecule has 1 atom stereocenters. The highest BCUT2D eigenvalue weighted by molar-refractivity contribution is 5.89. The second-order valence-electron chi connectivity index (χ2n) is 4.86. The molecule has 3 N–H and O–H groups in total. The fourth-order valence-corrected chi connectivity index (χ4v) is 2.10. The number of nitro groups is 1. The number of carbonyl (C=O) groups is 1. The highest BCUT2D eigenvalue weighted by Gasteiger charge is 2.31. The number of urea groups is 1. The van der Waals surface area contributed by atoms with E-state index >= 15 is 0 Å². The SMILES string of the molecule is O=C(Nc1cccc([N+](=O)[O-])c1)NC(CCO)C1CC1. The minimum Gasteiger partial charge on any atom is -0.396 e. The number of amides is 2. The van der Waals surface area contributed by atoms with Crippen LogP contribution in [0.5, 0.6) is 0 Å². The van der Waals surface area contributed by atoms with E-state index in [0.717, 1.165) is 12.8 Å². The minimum atomic E-state index is -0.512. The van der Waals surface area contributed by atoms with Crippen LogP contribution in [0.4, 0.5) is 16.2 Å². The van der Waals surface area contributed by atoms with Crippen LogP contribution in [0.2, 0.25) is 0 Å². The highest BCUT2D eigenvalue weighted by Crippen LogP contribution is 2.33. The van der Waals surface area contributed by atoms with E-state index in [1.54, 1.807) is 6.07 Å². The fraction of sp³-hybridized carbons (Fsp3) is 0.462. The van der Waals surface area contributed by atoms with Gasteiger partial charge >= 0.3 is 6.03 Å². The molecule has 7 nitrogen and oxygen atoms in total. The predicted octanol–water partition coefficient (Wildman–Crippen LogP) is 1.88. The summed E-state index contributed by atoms with van der Waals surface area (Å²) in [6.07, 6.45) is 2.64. The van der Waals surface area contributed by atoms with Gasteiger partial charge < -0.3 is 15.7 Å². The van der Waals surface area contributed by atoms with Crippen LogP contribution in [-0.2, 0) is 0 Å². The number of hydrogen-bond acceptors (Lipinski definition) is 4.